The van der Waals surface area contributed by atoms with Crippen LogP contribution >= 0.6 is 24.8 Å². The molecule has 0 aliphatic rings. The van der Waals surface area contributed by atoms with Gasteiger partial charge in [0, 0.05) is 11.6 Å². The number of nitrogens with one attached hydrogen (secondary N) is 2. The average molecular weight is 263 g/mol. The minimum absolute atomic E-state index is 0.271. The first-order valence-electron chi connectivity index (χ1n) is 5.26. The van der Waals surface area contributed by atoms with Crippen molar-refractivity contribution in [1.82, 2.24) is 9.97 Å². The lowest BCUT2D eigenvalue weighted by molar-refractivity contribution is 0.884. The third kappa shape index (κ3) is 3.08. The van der Waals surface area contributed by atoms with Crippen LogP contribution < -0.4 is 5.32 Å². The maximum absolute atomic E-state index is 4.84. The van der Waals surface area contributed by atoms with E-state index >= 15 is 0 Å². The lowest BCUT2D eigenvalue weighted by atomic mass is 9.99. The average Bonchev–Trinajstić information content (AvgIpc) is 2.77. The maximum atomic E-state index is 4.84. The van der Waals surface area contributed by atoms with Gasteiger partial charge in [-0.2, -0.15) is 0 Å². The molecule has 3 nitrogen and oxygen atoms in total. The van der Waals surface area contributed by atoms with E-state index in [-0.39, 0.29) is 5.92 Å². The van der Waals surface area contributed by atoms with Crippen LogP contribution in [0.3, 0.4) is 0 Å². The molecule has 0 aliphatic carbocycles. The minimum Gasteiger partial charge on any atom is -0.327 e. The third-order valence-corrected chi connectivity index (χ3v) is 2.80. The van der Waals surface area contributed by atoms with Crippen molar-refractivity contribution in [2.24, 2.45) is 0 Å². The molecule has 5 heteroatoms. The van der Waals surface area contributed by atoms with Crippen LogP contribution in [-0.2, 0) is 0 Å². The third-order valence-electron chi connectivity index (χ3n) is 2.59. The number of thiocarbonyl (C=S) groups is 1. The maximum Gasteiger partial charge on any atom is 0.205 e. The molecule has 1 aromatic carbocycles. The Hall–Kier alpha value is -1.33. The van der Waals surface area contributed by atoms with Crippen LogP contribution in [0.1, 0.15) is 24.1 Å². The van der Waals surface area contributed by atoms with E-state index < -0.39 is 0 Å². The van der Waals surface area contributed by atoms with Crippen molar-refractivity contribution in [3.8, 4) is 0 Å². The fourth-order valence-electron chi connectivity index (χ4n) is 1.64. The Bertz CT molecular complexity index is 507. The summed E-state index contributed by atoms with van der Waals surface area (Å²) < 4.78 is 0.401. The van der Waals surface area contributed by atoms with Crippen molar-refractivity contribution in [2.45, 2.75) is 12.8 Å². The minimum atomic E-state index is 0.271. The van der Waals surface area contributed by atoms with Gasteiger partial charge < -0.3 is 10.3 Å². The van der Waals surface area contributed by atoms with Crippen molar-refractivity contribution in [3.63, 3.8) is 0 Å². The van der Waals surface area contributed by atoms with Gasteiger partial charge >= 0.3 is 0 Å². The molecule has 17 heavy (non-hydrogen) atoms. The van der Waals surface area contributed by atoms with E-state index in [1.807, 2.05) is 24.4 Å². The number of benzene rings is 1. The Morgan fingerprint density at radius 3 is 2.76 bits per heavy atom. The molecule has 2 rings (SSSR count). The monoisotopic (exact) mass is 263 g/mol. The lowest BCUT2D eigenvalue weighted by Gasteiger charge is -2.09. The van der Waals surface area contributed by atoms with Crippen LogP contribution in [0.25, 0.3) is 0 Å². The molecule has 0 bridgehead atoms. The summed E-state index contributed by atoms with van der Waals surface area (Å²) in [5.41, 5.74) is 2.29. The summed E-state index contributed by atoms with van der Waals surface area (Å²) in [6.07, 6.45) is 1.81. The highest BCUT2D eigenvalue weighted by Crippen LogP contribution is 2.22. The summed E-state index contributed by atoms with van der Waals surface area (Å²) in [5, 5.41) is 2.86. The highest BCUT2D eigenvalue weighted by molar-refractivity contribution is 8.11. The van der Waals surface area contributed by atoms with Gasteiger partial charge in [-0.15, -0.1) is 12.6 Å². The molecule has 0 spiro atoms. The summed E-state index contributed by atoms with van der Waals surface area (Å²) in [6, 6.07) is 10.3. The Kier molecular flexibility index (Phi) is 3.81. The number of hydrogen-bond acceptors (Lipinski definition) is 2. The topological polar surface area (TPSA) is 40.7 Å². The summed E-state index contributed by atoms with van der Waals surface area (Å²) in [6.45, 7) is 2.13. The second-order valence-electron chi connectivity index (χ2n) is 3.75. The predicted molar refractivity (Wildman–Crippen MR) is 77.8 cm³/mol. The molecule has 0 saturated carbocycles. The van der Waals surface area contributed by atoms with E-state index in [0.29, 0.717) is 10.3 Å². The predicted octanol–water partition coefficient (Wildman–Crippen LogP) is 3.19. The summed E-state index contributed by atoms with van der Waals surface area (Å²) in [5.74, 6) is 0.899. The lowest BCUT2D eigenvalue weighted by Crippen LogP contribution is -2.03. The normalized spacial score (nSPS) is 12.1. The van der Waals surface area contributed by atoms with Crippen molar-refractivity contribution in [2.75, 3.05) is 5.32 Å². The summed E-state index contributed by atoms with van der Waals surface area (Å²) in [4.78, 5) is 7.38. The molecule has 0 saturated heterocycles. The molecule has 0 fully saturated rings. The number of aromatic amines is 1. The molecular formula is C12H13N3S2. The Morgan fingerprint density at radius 2 is 2.12 bits per heavy atom. The van der Waals surface area contributed by atoms with Crippen LogP contribution in [0, 0.1) is 0 Å². The van der Waals surface area contributed by atoms with Crippen molar-refractivity contribution < 1.29 is 0 Å². The van der Waals surface area contributed by atoms with Gasteiger partial charge in [0.25, 0.3) is 0 Å². The Balaban J connectivity index is 2.17. The zero-order valence-corrected chi connectivity index (χ0v) is 11.1. The van der Waals surface area contributed by atoms with Crippen molar-refractivity contribution in [1.29, 1.82) is 0 Å². The molecule has 2 N–H and O–H groups in total. The molecular weight excluding hydrogens is 250 g/mol. The molecule has 1 heterocycles. The number of hydrogen-bond donors (Lipinski definition) is 3. The zero-order valence-electron chi connectivity index (χ0n) is 9.34. The van der Waals surface area contributed by atoms with Crippen molar-refractivity contribution >= 4 is 35.1 Å². The molecule has 1 unspecified atom stereocenters. The molecule has 0 aliphatic heterocycles. The molecule has 0 radical (unpaired) electrons. The van der Waals surface area contributed by atoms with Crippen LogP contribution in [0.2, 0.25) is 0 Å². The van der Waals surface area contributed by atoms with Gasteiger partial charge in [-0.25, -0.2) is 4.98 Å². The van der Waals surface area contributed by atoms with E-state index in [1.54, 1.807) is 0 Å². The van der Waals surface area contributed by atoms with Gasteiger partial charge in [0.15, 0.2) is 0 Å². The van der Waals surface area contributed by atoms with E-state index in [2.05, 4.69) is 47.0 Å². The van der Waals surface area contributed by atoms with Crippen molar-refractivity contribution in [3.05, 3.63) is 47.8 Å². The van der Waals surface area contributed by atoms with Crippen LogP contribution in [0.5, 0.6) is 0 Å². The van der Waals surface area contributed by atoms with Crippen LogP contribution in [0.4, 0.5) is 5.95 Å². The first kappa shape index (κ1) is 12.1. The number of imidazole rings is 1. The number of H-pyrrole nitrogens is 1. The molecule has 1 atom stereocenters. The number of nitrogens with zero attached hydrogens (tertiary/aromatic N) is 1. The highest BCUT2D eigenvalue weighted by atomic mass is 32.1. The fourth-order valence-corrected chi connectivity index (χ4v) is 1.84. The van der Waals surface area contributed by atoms with Crippen LogP contribution in [0.15, 0.2) is 36.5 Å². The number of rotatable bonds is 3. The number of aromatic nitrogens is 2. The standard InChI is InChI=1S/C12H13N3S2/c1-8(9-5-3-2-4-6-9)10-7-13-11(14-10)15-12(16)17/h2-8H,1H3,(H3,13,14,15,16,17). The molecule has 1 aromatic heterocycles. The van der Waals surface area contributed by atoms with E-state index in [1.165, 1.54) is 5.56 Å². The highest BCUT2D eigenvalue weighted by Gasteiger charge is 2.10. The van der Waals surface area contributed by atoms with E-state index in [9.17, 15) is 0 Å². The first-order chi connectivity index (χ1) is 8.16. The smallest absolute Gasteiger partial charge is 0.205 e. The molecule has 2 aromatic rings. The number of thiol groups is 1. The summed E-state index contributed by atoms with van der Waals surface area (Å²) in [7, 11) is 0. The van der Waals surface area contributed by atoms with Crippen LogP contribution in [-0.4, -0.2) is 14.3 Å². The molecule has 88 valence electrons. The van der Waals surface area contributed by atoms with E-state index in [4.69, 9.17) is 12.2 Å². The number of anilines is 1. The van der Waals surface area contributed by atoms with Gasteiger partial charge in [0.2, 0.25) is 5.95 Å². The largest absolute Gasteiger partial charge is 0.327 e. The van der Waals surface area contributed by atoms with Gasteiger partial charge in [0.05, 0.1) is 6.20 Å². The second kappa shape index (κ2) is 5.33. The SMILES string of the molecule is CC(c1ccccc1)c1cnc(NC(=S)S)[nH]1. The van der Waals surface area contributed by atoms with Gasteiger partial charge in [-0.05, 0) is 5.56 Å². The van der Waals surface area contributed by atoms with Gasteiger partial charge in [0.1, 0.15) is 4.32 Å². The quantitative estimate of drug-likeness (QED) is 0.588. The van der Waals surface area contributed by atoms with Gasteiger partial charge in [-0.1, -0.05) is 49.5 Å². The zero-order chi connectivity index (χ0) is 12.3. The second-order valence-corrected chi connectivity index (χ2v) is 4.91. The Morgan fingerprint density at radius 1 is 1.41 bits per heavy atom. The Labute approximate surface area is 111 Å². The summed E-state index contributed by atoms with van der Waals surface area (Å²) >= 11 is 8.84. The fraction of sp³-hybridized carbons (Fsp3) is 0.167. The van der Waals surface area contributed by atoms with Gasteiger partial charge in [-0.3, -0.25) is 0 Å². The first-order valence-corrected chi connectivity index (χ1v) is 6.12. The molecule has 0 amide bonds. The van der Waals surface area contributed by atoms with E-state index in [0.717, 1.165) is 5.69 Å².